The van der Waals surface area contributed by atoms with Crippen LogP contribution in [-0.2, 0) is 0 Å². The maximum atomic E-state index is 5.03. The summed E-state index contributed by atoms with van der Waals surface area (Å²) in [5, 5.41) is 4.89. The standard InChI is InChI=1S/C51H33N5/c1-3-14-33(15-4-1)49-53-50(34-16-5-2-6-17-34)55-51(54-49)38-20-12-21-39(31-38)56-46-27-10-8-23-42(46)43-29-28-36(32-47(43)56)35-18-11-19-37(30-35)40-24-13-25-44-41-22-7-9-26-45(41)52-48(40)44/h1-32,52H. The molecule has 0 aliphatic carbocycles. The fourth-order valence-corrected chi connectivity index (χ4v) is 8.13. The van der Waals surface area contributed by atoms with Gasteiger partial charge in [0.2, 0.25) is 0 Å². The van der Waals surface area contributed by atoms with Crippen molar-refractivity contribution in [3.8, 4) is 62.1 Å². The van der Waals surface area contributed by atoms with E-state index in [0.717, 1.165) is 55.6 Å². The normalized spacial score (nSPS) is 11.6. The van der Waals surface area contributed by atoms with E-state index in [0.29, 0.717) is 17.5 Å². The van der Waals surface area contributed by atoms with Crippen LogP contribution in [0.25, 0.3) is 106 Å². The summed E-state index contributed by atoms with van der Waals surface area (Å²) in [6, 6.07) is 68.2. The average Bonchev–Trinajstić information content (AvgIpc) is 3.83. The molecule has 0 saturated carbocycles. The highest BCUT2D eigenvalue weighted by molar-refractivity contribution is 6.12. The number of hydrogen-bond donors (Lipinski definition) is 1. The lowest BCUT2D eigenvalue weighted by atomic mass is 9.97. The zero-order valence-electron chi connectivity index (χ0n) is 30.3. The van der Waals surface area contributed by atoms with E-state index in [2.05, 4.69) is 143 Å². The molecule has 0 fully saturated rings. The van der Waals surface area contributed by atoms with Crippen LogP contribution in [-0.4, -0.2) is 24.5 Å². The summed E-state index contributed by atoms with van der Waals surface area (Å²) >= 11 is 0. The molecule has 0 radical (unpaired) electrons. The molecule has 0 aliphatic heterocycles. The van der Waals surface area contributed by atoms with Crippen LogP contribution in [0.2, 0.25) is 0 Å². The molecule has 262 valence electrons. The van der Waals surface area contributed by atoms with Gasteiger partial charge in [-0.25, -0.2) is 15.0 Å². The number of fused-ring (bicyclic) bond motifs is 6. The number of aromatic amines is 1. The predicted molar refractivity (Wildman–Crippen MR) is 231 cm³/mol. The first-order valence-corrected chi connectivity index (χ1v) is 18.9. The summed E-state index contributed by atoms with van der Waals surface area (Å²) in [7, 11) is 0. The highest BCUT2D eigenvalue weighted by atomic mass is 15.0. The molecule has 3 aromatic heterocycles. The van der Waals surface area contributed by atoms with Gasteiger partial charge in [0.05, 0.1) is 16.6 Å². The van der Waals surface area contributed by atoms with Crippen LogP contribution >= 0.6 is 0 Å². The number of para-hydroxylation sites is 3. The second-order valence-electron chi connectivity index (χ2n) is 14.2. The molecule has 0 atom stereocenters. The minimum Gasteiger partial charge on any atom is -0.354 e. The monoisotopic (exact) mass is 715 g/mol. The molecular weight excluding hydrogens is 683 g/mol. The highest BCUT2D eigenvalue weighted by Gasteiger charge is 2.17. The van der Waals surface area contributed by atoms with Crippen LogP contribution in [0.1, 0.15) is 0 Å². The molecule has 0 spiro atoms. The predicted octanol–water partition coefficient (Wildman–Crippen LogP) is 12.9. The molecule has 0 unspecified atom stereocenters. The van der Waals surface area contributed by atoms with Crippen molar-refractivity contribution >= 4 is 43.6 Å². The molecule has 0 aliphatic rings. The van der Waals surface area contributed by atoms with Crippen molar-refractivity contribution < 1.29 is 0 Å². The Balaban J connectivity index is 1.05. The first kappa shape index (κ1) is 31.9. The number of nitrogens with one attached hydrogen (secondary N) is 1. The third-order valence-corrected chi connectivity index (χ3v) is 10.8. The Morgan fingerprint density at radius 3 is 1.68 bits per heavy atom. The lowest BCUT2D eigenvalue weighted by Gasteiger charge is -2.12. The van der Waals surface area contributed by atoms with Crippen molar-refractivity contribution in [2.45, 2.75) is 0 Å². The topological polar surface area (TPSA) is 59.4 Å². The molecule has 56 heavy (non-hydrogen) atoms. The van der Waals surface area contributed by atoms with E-state index in [1.165, 1.54) is 32.7 Å². The average molecular weight is 716 g/mol. The van der Waals surface area contributed by atoms with Crippen molar-refractivity contribution in [2.75, 3.05) is 0 Å². The Kier molecular flexibility index (Phi) is 7.42. The molecule has 5 nitrogen and oxygen atoms in total. The van der Waals surface area contributed by atoms with Gasteiger partial charge in [-0.3, -0.25) is 0 Å². The maximum Gasteiger partial charge on any atom is 0.164 e. The number of rotatable bonds is 6. The molecule has 11 rings (SSSR count). The van der Waals surface area contributed by atoms with Crippen molar-refractivity contribution in [3.05, 3.63) is 194 Å². The number of H-pyrrole nitrogens is 1. The van der Waals surface area contributed by atoms with Crippen LogP contribution < -0.4 is 0 Å². The number of aromatic nitrogens is 5. The van der Waals surface area contributed by atoms with E-state index in [4.69, 9.17) is 15.0 Å². The highest BCUT2D eigenvalue weighted by Crippen LogP contribution is 2.38. The smallest absolute Gasteiger partial charge is 0.164 e. The van der Waals surface area contributed by atoms with E-state index in [9.17, 15) is 0 Å². The zero-order valence-corrected chi connectivity index (χ0v) is 30.3. The van der Waals surface area contributed by atoms with Gasteiger partial charge in [0.1, 0.15) is 0 Å². The number of benzene rings is 8. The maximum absolute atomic E-state index is 5.03. The second kappa shape index (κ2) is 13.0. The summed E-state index contributed by atoms with van der Waals surface area (Å²) in [5.74, 6) is 1.91. The Morgan fingerprint density at radius 1 is 0.339 bits per heavy atom. The molecule has 0 saturated heterocycles. The van der Waals surface area contributed by atoms with Gasteiger partial charge in [0.25, 0.3) is 0 Å². The van der Waals surface area contributed by atoms with Gasteiger partial charge in [-0.15, -0.1) is 0 Å². The molecule has 11 aromatic rings. The number of nitrogens with zero attached hydrogens (tertiary/aromatic N) is 4. The fourth-order valence-electron chi connectivity index (χ4n) is 8.13. The van der Waals surface area contributed by atoms with Crippen LogP contribution in [0.3, 0.4) is 0 Å². The van der Waals surface area contributed by atoms with Crippen LogP contribution in [0.15, 0.2) is 194 Å². The summed E-state index contributed by atoms with van der Waals surface area (Å²) in [6.07, 6.45) is 0. The van der Waals surface area contributed by atoms with E-state index >= 15 is 0 Å². The van der Waals surface area contributed by atoms with Crippen molar-refractivity contribution in [3.63, 3.8) is 0 Å². The Labute approximate surface area is 323 Å². The third-order valence-electron chi connectivity index (χ3n) is 10.8. The minimum absolute atomic E-state index is 0.628. The Bertz CT molecular complexity index is 3190. The molecule has 0 amide bonds. The SMILES string of the molecule is c1ccc(-c2nc(-c3ccccc3)nc(-c3cccc(-n4c5ccccc5c5ccc(-c6cccc(-c7cccc8c7[nH]c7ccccc78)c6)cc54)c3)n2)cc1. The van der Waals surface area contributed by atoms with Gasteiger partial charge >= 0.3 is 0 Å². The van der Waals surface area contributed by atoms with Crippen LogP contribution in [0.5, 0.6) is 0 Å². The Hall–Kier alpha value is -7.63. The van der Waals surface area contributed by atoms with Crippen molar-refractivity contribution in [1.82, 2.24) is 24.5 Å². The Morgan fingerprint density at radius 2 is 0.893 bits per heavy atom. The lowest BCUT2D eigenvalue weighted by molar-refractivity contribution is 1.07. The van der Waals surface area contributed by atoms with Crippen molar-refractivity contribution in [1.29, 1.82) is 0 Å². The molecule has 1 N–H and O–H groups in total. The van der Waals surface area contributed by atoms with E-state index in [1.807, 2.05) is 60.7 Å². The second-order valence-corrected chi connectivity index (χ2v) is 14.2. The van der Waals surface area contributed by atoms with Crippen LogP contribution in [0, 0.1) is 0 Å². The largest absolute Gasteiger partial charge is 0.354 e. The summed E-state index contributed by atoms with van der Waals surface area (Å²) in [5.41, 5.74) is 13.1. The minimum atomic E-state index is 0.628. The van der Waals surface area contributed by atoms with Gasteiger partial charge < -0.3 is 9.55 Å². The molecule has 8 aromatic carbocycles. The molecular formula is C51H33N5. The number of hydrogen-bond acceptors (Lipinski definition) is 3. The molecule has 0 bridgehead atoms. The van der Waals surface area contributed by atoms with Gasteiger partial charge in [-0.1, -0.05) is 158 Å². The summed E-state index contributed by atoms with van der Waals surface area (Å²) in [6.45, 7) is 0. The van der Waals surface area contributed by atoms with Gasteiger partial charge in [0.15, 0.2) is 17.5 Å². The van der Waals surface area contributed by atoms with Gasteiger partial charge in [0, 0.05) is 55.0 Å². The molecule has 5 heteroatoms. The lowest BCUT2D eigenvalue weighted by Crippen LogP contribution is -2.01. The molecule has 3 heterocycles. The van der Waals surface area contributed by atoms with E-state index in [-0.39, 0.29) is 0 Å². The summed E-state index contributed by atoms with van der Waals surface area (Å²) in [4.78, 5) is 18.7. The first-order chi connectivity index (χ1) is 27.7. The third kappa shape index (κ3) is 5.37. The summed E-state index contributed by atoms with van der Waals surface area (Å²) < 4.78 is 2.37. The zero-order chi connectivity index (χ0) is 37.0. The quantitative estimate of drug-likeness (QED) is 0.186. The van der Waals surface area contributed by atoms with Crippen molar-refractivity contribution in [2.24, 2.45) is 0 Å². The van der Waals surface area contributed by atoms with E-state index in [1.54, 1.807) is 0 Å². The fraction of sp³-hybridized carbons (Fsp3) is 0. The van der Waals surface area contributed by atoms with Gasteiger partial charge in [-0.2, -0.15) is 0 Å². The first-order valence-electron chi connectivity index (χ1n) is 18.9. The van der Waals surface area contributed by atoms with Gasteiger partial charge in [-0.05, 0) is 53.1 Å². The van der Waals surface area contributed by atoms with E-state index < -0.39 is 0 Å². The van der Waals surface area contributed by atoms with Crippen LogP contribution in [0.4, 0.5) is 0 Å².